The number of allylic oxidation sites excluding steroid dienone is 1. The van der Waals surface area contributed by atoms with E-state index in [1.54, 1.807) is 0 Å². The number of carbonyl (C=O) groups is 1. The molecule has 1 rings (SSSR count). The van der Waals surface area contributed by atoms with Gasteiger partial charge in [-0.25, -0.2) is 4.79 Å². The molecule has 0 saturated carbocycles. The summed E-state index contributed by atoms with van der Waals surface area (Å²) < 4.78 is 4.62. The van der Waals surface area contributed by atoms with Crippen LogP contribution in [0.25, 0.3) is 0 Å². The molecule has 2 nitrogen and oxygen atoms in total. The fourth-order valence-electron chi connectivity index (χ4n) is 1.40. The van der Waals surface area contributed by atoms with Crippen molar-refractivity contribution < 1.29 is 9.53 Å². The number of hydrogen-bond acceptors (Lipinski definition) is 2. The van der Waals surface area contributed by atoms with Crippen molar-refractivity contribution in [3.05, 3.63) is 11.6 Å². The minimum Gasteiger partial charge on any atom is -0.466 e. The zero-order chi connectivity index (χ0) is 8.27. The van der Waals surface area contributed by atoms with Gasteiger partial charge in [0, 0.05) is 5.57 Å². The first-order valence-corrected chi connectivity index (χ1v) is 4.05. The lowest BCUT2D eigenvalue weighted by Crippen LogP contribution is -2.04. The molecular formula is C9H14O2. The summed E-state index contributed by atoms with van der Waals surface area (Å²) >= 11 is 0. The standard InChI is InChI=1S/C9H14O2/c1-3-7-4-5-8(6-7)9(10)11-2/h5,7H,3-4,6H2,1-2H3. The monoisotopic (exact) mass is 154 g/mol. The zero-order valence-electron chi connectivity index (χ0n) is 7.09. The lowest BCUT2D eigenvalue weighted by atomic mass is 10.0. The van der Waals surface area contributed by atoms with Gasteiger partial charge in [-0.05, 0) is 18.8 Å². The van der Waals surface area contributed by atoms with E-state index in [1.807, 2.05) is 6.08 Å². The highest BCUT2D eigenvalue weighted by molar-refractivity contribution is 5.88. The predicted octanol–water partition coefficient (Wildman–Crippen LogP) is 1.91. The smallest absolute Gasteiger partial charge is 0.333 e. The number of ether oxygens (including phenoxy) is 1. The van der Waals surface area contributed by atoms with Gasteiger partial charge in [0.1, 0.15) is 0 Å². The molecule has 0 aromatic rings. The number of hydrogen-bond donors (Lipinski definition) is 0. The Hall–Kier alpha value is -0.790. The fourth-order valence-corrected chi connectivity index (χ4v) is 1.40. The van der Waals surface area contributed by atoms with E-state index >= 15 is 0 Å². The van der Waals surface area contributed by atoms with Gasteiger partial charge in [0.05, 0.1) is 7.11 Å². The van der Waals surface area contributed by atoms with Crippen LogP contribution in [0.3, 0.4) is 0 Å². The van der Waals surface area contributed by atoms with E-state index in [2.05, 4.69) is 11.7 Å². The third kappa shape index (κ3) is 1.82. The van der Waals surface area contributed by atoms with Crippen molar-refractivity contribution in [2.45, 2.75) is 26.2 Å². The molecule has 1 aliphatic carbocycles. The Morgan fingerprint density at radius 2 is 2.55 bits per heavy atom. The molecular weight excluding hydrogens is 140 g/mol. The summed E-state index contributed by atoms with van der Waals surface area (Å²) in [6.45, 7) is 2.15. The maximum Gasteiger partial charge on any atom is 0.333 e. The van der Waals surface area contributed by atoms with Crippen LogP contribution in [0.4, 0.5) is 0 Å². The Morgan fingerprint density at radius 3 is 3.00 bits per heavy atom. The van der Waals surface area contributed by atoms with Crippen LogP contribution in [0.5, 0.6) is 0 Å². The van der Waals surface area contributed by atoms with E-state index in [4.69, 9.17) is 0 Å². The van der Waals surface area contributed by atoms with Gasteiger partial charge in [-0.2, -0.15) is 0 Å². The third-order valence-electron chi connectivity index (χ3n) is 2.23. The van der Waals surface area contributed by atoms with Crippen molar-refractivity contribution in [3.63, 3.8) is 0 Å². The SMILES string of the molecule is CCC1CC=C(C(=O)OC)C1. The van der Waals surface area contributed by atoms with Gasteiger partial charge < -0.3 is 4.74 Å². The van der Waals surface area contributed by atoms with Gasteiger partial charge in [-0.3, -0.25) is 0 Å². The van der Waals surface area contributed by atoms with Crippen molar-refractivity contribution in [2.24, 2.45) is 5.92 Å². The van der Waals surface area contributed by atoms with Gasteiger partial charge in [0.25, 0.3) is 0 Å². The summed E-state index contributed by atoms with van der Waals surface area (Å²) in [6, 6.07) is 0. The molecule has 0 saturated heterocycles. The molecule has 0 bridgehead atoms. The van der Waals surface area contributed by atoms with Crippen molar-refractivity contribution in [2.75, 3.05) is 7.11 Å². The molecule has 0 N–H and O–H groups in total. The zero-order valence-corrected chi connectivity index (χ0v) is 7.09. The maximum atomic E-state index is 11.0. The first kappa shape index (κ1) is 8.31. The molecule has 0 aromatic heterocycles. The van der Waals surface area contributed by atoms with Crippen LogP contribution in [-0.4, -0.2) is 13.1 Å². The second-order valence-corrected chi connectivity index (χ2v) is 2.94. The molecule has 0 spiro atoms. The van der Waals surface area contributed by atoms with Gasteiger partial charge in [-0.1, -0.05) is 19.4 Å². The summed E-state index contributed by atoms with van der Waals surface area (Å²) in [5.74, 6) is 0.519. The summed E-state index contributed by atoms with van der Waals surface area (Å²) in [7, 11) is 1.43. The average Bonchev–Trinajstić information content (AvgIpc) is 2.50. The number of rotatable bonds is 2. The van der Waals surface area contributed by atoms with Gasteiger partial charge in [-0.15, -0.1) is 0 Å². The highest BCUT2D eigenvalue weighted by atomic mass is 16.5. The van der Waals surface area contributed by atoms with Gasteiger partial charge in [0.15, 0.2) is 0 Å². The van der Waals surface area contributed by atoms with E-state index in [0.717, 1.165) is 24.8 Å². The van der Waals surface area contributed by atoms with Crippen LogP contribution < -0.4 is 0 Å². The summed E-state index contributed by atoms with van der Waals surface area (Å²) in [6.07, 6.45) is 5.10. The van der Waals surface area contributed by atoms with Crippen molar-refractivity contribution in [1.29, 1.82) is 0 Å². The second kappa shape index (κ2) is 3.56. The Bertz CT molecular complexity index is 182. The van der Waals surface area contributed by atoms with Gasteiger partial charge in [0.2, 0.25) is 0 Å². The topological polar surface area (TPSA) is 26.3 Å². The Morgan fingerprint density at radius 1 is 1.82 bits per heavy atom. The lowest BCUT2D eigenvalue weighted by molar-refractivity contribution is -0.136. The van der Waals surface area contributed by atoms with Crippen LogP contribution in [0.1, 0.15) is 26.2 Å². The molecule has 0 heterocycles. The molecule has 0 fully saturated rings. The normalized spacial score (nSPS) is 23.1. The Kier molecular flexibility index (Phi) is 2.69. The highest BCUT2D eigenvalue weighted by Gasteiger charge is 2.20. The number of esters is 1. The van der Waals surface area contributed by atoms with E-state index in [9.17, 15) is 4.79 Å². The minimum atomic E-state index is -0.152. The summed E-state index contributed by atoms with van der Waals surface area (Å²) in [4.78, 5) is 11.0. The minimum absolute atomic E-state index is 0.152. The second-order valence-electron chi connectivity index (χ2n) is 2.94. The highest BCUT2D eigenvalue weighted by Crippen LogP contribution is 2.27. The van der Waals surface area contributed by atoms with E-state index in [-0.39, 0.29) is 5.97 Å². The Balaban J connectivity index is 2.45. The average molecular weight is 154 g/mol. The molecule has 0 radical (unpaired) electrons. The van der Waals surface area contributed by atoms with E-state index in [1.165, 1.54) is 7.11 Å². The third-order valence-corrected chi connectivity index (χ3v) is 2.23. The van der Waals surface area contributed by atoms with Gasteiger partial charge >= 0.3 is 5.97 Å². The molecule has 0 aliphatic heterocycles. The molecule has 62 valence electrons. The molecule has 2 heteroatoms. The lowest BCUT2D eigenvalue weighted by Gasteiger charge is -2.04. The largest absolute Gasteiger partial charge is 0.466 e. The van der Waals surface area contributed by atoms with Crippen LogP contribution in [0.2, 0.25) is 0 Å². The molecule has 0 aromatic carbocycles. The van der Waals surface area contributed by atoms with Crippen molar-refractivity contribution >= 4 is 5.97 Å². The first-order chi connectivity index (χ1) is 5.27. The quantitative estimate of drug-likeness (QED) is 0.568. The van der Waals surface area contributed by atoms with Crippen molar-refractivity contribution in [1.82, 2.24) is 0 Å². The van der Waals surface area contributed by atoms with Crippen LogP contribution in [-0.2, 0) is 9.53 Å². The number of methoxy groups -OCH3 is 1. The van der Waals surface area contributed by atoms with Crippen LogP contribution >= 0.6 is 0 Å². The summed E-state index contributed by atoms with van der Waals surface area (Å²) in [5.41, 5.74) is 0.861. The van der Waals surface area contributed by atoms with Crippen LogP contribution in [0.15, 0.2) is 11.6 Å². The first-order valence-electron chi connectivity index (χ1n) is 4.05. The molecule has 1 atom stereocenters. The predicted molar refractivity (Wildman–Crippen MR) is 43.1 cm³/mol. The van der Waals surface area contributed by atoms with E-state index in [0.29, 0.717) is 5.92 Å². The maximum absolute atomic E-state index is 11.0. The van der Waals surface area contributed by atoms with Crippen LogP contribution in [0, 0.1) is 5.92 Å². The molecule has 1 unspecified atom stereocenters. The fraction of sp³-hybridized carbons (Fsp3) is 0.667. The number of carbonyl (C=O) groups excluding carboxylic acids is 1. The molecule has 1 aliphatic rings. The Labute approximate surface area is 67.2 Å². The molecule has 0 amide bonds. The summed E-state index contributed by atoms with van der Waals surface area (Å²) in [5, 5.41) is 0. The van der Waals surface area contributed by atoms with Crippen molar-refractivity contribution in [3.8, 4) is 0 Å². The molecule has 11 heavy (non-hydrogen) atoms. The van der Waals surface area contributed by atoms with E-state index < -0.39 is 0 Å².